The molecular formula is C26H48ClN. The van der Waals surface area contributed by atoms with E-state index in [1.54, 1.807) is 0 Å². The molecule has 0 aliphatic heterocycles. The van der Waals surface area contributed by atoms with Crippen LogP contribution in [0.3, 0.4) is 0 Å². The van der Waals surface area contributed by atoms with Crippen molar-refractivity contribution >= 4 is 12.4 Å². The summed E-state index contributed by atoms with van der Waals surface area (Å²) < 4.78 is 0. The van der Waals surface area contributed by atoms with Crippen molar-refractivity contribution in [2.24, 2.45) is 0 Å². The van der Waals surface area contributed by atoms with E-state index in [9.17, 15) is 0 Å². The van der Waals surface area contributed by atoms with Crippen LogP contribution in [0.1, 0.15) is 123 Å². The molecule has 1 aromatic rings. The monoisotopic (exact) mass is 409 g/mol. The smallest absolute Gasteiger partial charge is 0.0210 e. The third kappa shape index (κ3) is 12.8. The molecule has 1 nitrogen and oxygen atoms in total. The maximum Gasteiger partial charge on any atom is 0.0210 e. The summed E-state index contributed by atoms with van der Waals surface area (Å²) in [6.45, 7) is 8.01. The maximum atomic E-state index is 4.00. The van der Waals surface area contributed by atoms with E-state index in [0.717, 1.165) is 6.54 Å². The average Bonchev–Trinajstić information content (AvgIpc) is 2.71. The predicted octanol–water partition coefficient (Wildman–Crippen LogP) is 8.85. The normalized spacial score (nSPS) is 11.4. The van der Waals surface area contributed by atoms with Gasteiger partial charge in [0, 0.05) is 12.1 Å². The number of unbranched alkanes of at least 4 members (excludes halogenated alkanes) is 10. The second-order valence-electron chi connectivity index (χ2n) is 8.51. The Labute approximate surface area is 182 Å². The summed E-state index contributed by atoms with van der Waals surface area (Å²) in [6, 6.07) is 10.9. The van der Waals surface area contributed by atoms with E-state index in [2.05, 4.69) is 56.4 Å². The lowest BCUT2D eigenvalue weighted by atomic mass is 9.83. The molecule has 0 saturated heterocycles. The number of benzene rings is 1. The van der Waals surface area contributed by atoms with Crippen molar-refractivity contribution in [3.05, 3.63) is 35.9 Å². The van der Waals surface area contributed by atoms with Crippen molar-refractivity contribution in [3.63, 3.8) is 0 Å². The number of nitrogens with one attached hydrogen (secondary N) is 1. The molecule has 164 valence electrons. The van der Waals surface area contributed by atoms with Crippen molar-refractivity contribution < 1.29 is 0 Å². The summed E-state index contributed by atoms with van der Waals surface area (Å²) >= 11 is 0. The van der Waals surface area contributed by atoms with Gasteiger partial charge in [-0.1, -0.05) is 128 Å². The molecule has 1 aromatic carbocycles. The number of hydrogen-bond acceptors (Lipinski definition) is 1. The fraction of sp³-hybridized carbons (Fsp3) is 0.769. The molecule has 0 atom stereocenters. The van der Waals surface area contributed by atoms with Crippen LogP contribution in [0.5, 0.6) is 0 Å². The standard InChI is InChI=1S/C26H47N.ClH/c1-4-7-9-11-13-18-22-26(6-3,23-19-14-12-10-8-5-2)27-24-25-20-16-15-17-21-25;/h15-17,20-21,27H,4-14,18-19,22-24H2,1-3H3;1H. The van der Waals surface area contributed by atoms with E-state index in [-0.39, 0.29) is 12.4 Å². The first-order valence-electron chi connectivity index (χ1n) is 12.0. The maximum absolute atomic E-state index is 4.00. The van der Waals surface area contributed by atoms with E-state index in [1.165, 1.54) is 102 Å². The van der Waals surface area contributed by atoms with Crippen LogP contribution in [0.2, 0.25) is 0 Å². The van der Waals surface area contributed by atoms with Gasteiger partial charge in [0.25, 0.3) is 0 Å². The van der Waals surface area contributed by atoms with Gasteiger partial charge >= 0.3 is 0 Å². The van der Waals surface area contributed by atoms with Crippen LogP contribution in [0.4, 0.5) is 0 Å². The largest absolute Gasteiger partial charge is 0.307 e. The fourth-order valence-electron chi connectivity index (χ4n) is 4.15. The zero-order chi connectivity index (χ0) is 19.6. The van der Waals surface area contributed by atoms with Crippen LogP contribution in [0, 0.1) is 0 Å². The Morgan fingerprint density at radius 3 is 1.57 bits per heavy atom. The Hall–Kier alpha value is -0.530. The minimum atomic E-state index is 0. The fourth-order valence-corrected chi connectivity index (χ4v) is 4.15. The Morgan fingerprint density at radius 1 is 0.643 bits per heavy atom. The first-order valence-corrected chi connectivity index (χ1v) is 12.0. The summed E-state index contributed by atoms with van der Waals surface area (Å²) in [5, 5.41) is 4.00. The molecule has 0 bridgehead atoms. The highest BCUT2D eigenvalue weighted by Crippen LogP contribution is 2.27. The van der Waals surface area contributed by atoms with Crippen LogP contribution in [-0.2, 0) is 6.54 Å². The van der Waals surface area contributed by atoms with Gasteiger partial charge < -0.3 is 5.32 Å². The van der Waals surface area contributed by atoms with Gasteiger partial charge in [0.15, 0.2) is 0 Å². The Kier molecular flexibility index (Phi) is 18.1. The third-order valence-electron chi connectivity index (χ3n) is 6.20. The highest BCUT2D eigenvalue weighted by Gasteiger charge is 2.26. The molecule has 2 heteroatoms. The summed E-state index contributed by atoms with van der Waals surface area (Å²) in [6.07, 6.45) is 20.7. The lowest BCUT2D eigenvalue weighted by Crippen LogP contribution is -2.44. The van der Waals surface area contributed by atoms with Gasteiger partial charge in [-0.05, 0) is 24.8 Å². The molecule has 0 heterocycles. The molecule has 0 radical (unpaired) electrons. The van der Waals surface area contributed by atoms with Crippen molar-refractivity contribution in [1.29, 1.82) is 0 Å². The zero-order valence-electron chi connectivity index (χ0n) is 19.1. The van der Waals surface area contributed by atoms with Crippen molar-refractivity contribution in [2.75, 3.05) is 0 Å². The Balaban J connectivity index is 0.00000729. The van der Waals surface area contributed by atoms with E-state index >= 15 is 0 Å². The lowest BCUT2D eigenvalue weighted by molar-refractivity contribution is 0.249. The molecule has 0 aliphatic carbocycles. The number of hydrogen-bond donors (Lipinski definition) is 1. The van der Waals surface area contributed by atoms with Crippen molar-refractivity contribution in [1.82, 2.24) is 5.32 Å². The lowest BCUT2D eigenvalue weighted by Gasteiger charge is -2.35. The minimum absolute atomic E-state index is 0. The molecule has 1 rings (SSSR count). The predicted molar refractivity (Wildman–Crippen MR) is 130 cm³/mol. The summed E-state index contributed by atoms with van der Waals surface area (Å²) in [7, 11) is 0. The van der Waals surface area contributed by atoms with Gasteiger partial charge in [-0.2, -0.15) is 0 Å². The summed E-state index contributed by atoms with van der Waals surface area (Å²) in [5.74, 6) is 0. The van der Waals surface area contributed by atoms with Crippen molar-refractivity contribution in [2.45, 2.75) is 129 Å². The van der Waals surface area contributed by atoms with Crippen LogP contribution in [-0.4, -0.2) is 5.54 Å². The molecule has 28 heavy (non-hydrogen) atoms. The first-order chi connectivity index (χ1) is 13.3. The molecule has 0 amide bonds. The zero-order valence-corrected chi connectivity index (χ0v) is 19.9. The van der Waals surface area contributed by atoms with E-state index in [1.807, 2.05) is 0 Å². The molecule has 0 aliphatic rings. The van der Waals surface area contributed by atoms with Crippen LogP contribution in [0.25, 0.3) is 0 Å². The van der Waals surface area contributed by atoms with Gasteiger partial charge in [-0.3, -0.25) is 0 Å². The summed E-state index contributed by atoms with van der Waals surface area (Å²) in [4.78, 5) is 0. The SMILES string of the molecule is CCCCCCCCC(CC)(CCCCCCCC)NCc1ccccc1.Cl. The van der Waals surface area contributed by atoms with Gasteiger partial charge in [-0.25, -0.2) is 0 Å². The van der Waals surface area contributed by atoms with Gasteiger partial charge in [0.05, 0.1) is 0 Å². The third-order valence-corrected chi connectivity index (χ3v) is 6.20. The van der Waals surface area contributed by atoms with Crippen LogP contribution in [0.15, 0.2) is 30.3 Å². The van der Waals surface area contributed by atoms with E-state index in [0.29, 0.717) is 5.54 Å². The molecule has 0 aromatic heterocycles. The van der Waals surface area contributed by atoms with Crippen LogP contribution >= 0.6 is 12.4 Å². The molecule has 0 fully saturated rings. The first kappa shape index (κ1) is 27.5. The Bertz CT molecular complexity index is 415. The highest BCUT2D eigenvalue weighted by atomic mass is 35.5. The number of halogens is 1. The average molecular weight is 410 g/mol. The molecule has 0 unspecified atom stereocenters. The van der Waals surface area contributed by atoms with Gasteiger partial charge in [0.2, 0.25) is 0 Å². The highest BCUT2D eigenvalue weighted by molar-refractivity contribution is 5.85. The second kappa shape index (κ2) is 18.5. The van der Waals surface area contributed by atoms with E-state index < -0.39 is 0 Å². The summed E-state index contributed by atoms with van der Waals surface area (Å²) in [5.41, 5.74) is 1.76. The van der Waals surface area contributed by atoms with E-state index in [4.69, 9.17) is 0 Å². The van der Waals surface area contributed by atoms with Crippen LogP contribution < -0.4 is 5.32 Å². The molecule has 1 N–H and O–H groups in total. The van der Waals surface area contributed by atoms with Crippen molar-refractivity contribution in [3.8, 4) is 0 Å². The Morgan fingerprint density at radius 2 is 1.11 bits per heavy atom. The topological polar surface area (TPSA) is 12.0 Å². The minimum Gasteiger partial charge on any atom is -0.307 e. The molecule has 0 spiro atoms. The second-order valence-corrected chi connectivity index (χ2v) is 8.51. The van der Waals surface area contributed by atoms with Gasteiger partial charge in [-0.15, -0.1) is 12.4 Å². The van der Waals surface area contributed by atoms with Gasteiger partial charge in [0.1, 0.15) is 0 Å². The number of rotatable bonds is 18. The quantitative estimate of drug-likeness (QED) is 0.238. The molecule has 0 saturated carbocycles. The molecular weight excluding hydrogens is 362 g/mol.